The highest BCUT2D eigenvalue weighted by Crippen LogP contribution is 2.30. The average molecular weight is 233 g/mol. The minimum Gasteiger partial charge on any atom is -0.385 e. The van der Waals surface area contributed by atoms with E-state index in [2.05, 4.69) is 0 Å². The number of halogens is 2. The number of rotatable bonds is 3. The van der Waals surface area contributed by atoms with Gasteiger partial charge in [0, 0.05) is 17.7 Å². The summed E-state index contributed by atoms with van der Waals surface area (Å²) in [6.45, 7) is 3.37. The van der Waals surface area contributed by atoms with Gasteiger partial charge in [0.15, 0.2) is 0 Å². The Hall–Kier alpha value is -0.640. The molecule has 0 fully saturated rings. The maximum Gasteiger partial charge on any atom is 0.130 e. The van der Waals surface area contributed by atoms with E-state index in [-0.39, 0.29) is 5.56 Å². The lowest BCUT2D eigenvalue weighted by Crippen LogP contribution is -2.31. The Labute approximate surface area is 93.6 Å². The monoisotopic (exact) mass is 232 g/mol. The lowest BCUT2D eigenvalue weighted by atomic mass is 9.94. The highest BCUT2D eigenvalue weighted by atomic mass is 35.5. The molecule has 0 amide bonds. The first-order chi connectivity index (χ1) is 6.88. The van der Waals surface area contributed by atoms with Gasteiger partial charge >= 0.3 is 0 Å². The van der Waals surface area contributed by atoms with Crippen LogP contribution >= 0.6 is 11.6 Å². The fraction of sp³-hybridized carbons (Fsp3) is 0.455. The zero-order valence-electron chi connectivity index (χ0n) is 8.92. The SMILES string of the molecule is COC(C)(C)C(O)c1ccc(Cl)cc1F. The second-order valence-electron chi connectivity index (χ2n) is 3.88. The minimum absolute atomic E-state index is 0.186. The number of benzene rings is 1. The molecule has 0 aliphatic carbocycles. The van der Waals surface area contributed by atoms with Crippen LogP contribution in [0.5, 0.6) is 0 Å². The molecule has 1 N–H and O–H groups in total. The zero-order chi connectivity index (χ0) is 11.6. The fourth-order valence-corrected chi connectivity index (χ4v) is 1.37. The van der Waals surface area contributed by atoms with Gasteiger partial charge < -0.3 is 9.84 Å². The summed E-state index contributed by atoms with van der Waals surface area (Å²) < 4.78 is 18.6. The molecule has 0 aliphatic heterocycles. The van der Waals surface area contributed by atoms with E-state index < -0.39 is 17.5 Å². The molecule has 0 radical (unpaired) electrons. The third kappa shape index (κ3) is 2.68. The quantitative estimate of drug-likeness (QED) is 0.868. The van der Waals surface area contributed by atoms with E-state index in [9.17, 15) is 9.50 Å². The van der Waals surface area contributed by atoms with E-state index in [0.29, 0.717) is 5.02 Å². The average Bonchev–Trinajstić information content (AvgIpc) is 2.17. The Bertz CT molecular complexity index is 352. The van der Waals surface area contributed by atoms with Crippen LogP contribution in [0.2, 0.25) is 5.02 Å². The molecule has 0 saturated heterocycles. The summed E-state index contributed by atoms with van der Waals surface area (Å²) in [6, 6.07) is 4.17. The normalized spacial score (nSPS) is 14.0. The van der Waals surface area contributed by atoms with Gasteiger partial charge in [-0.05, 0) is 26.0 Å². The van der Waals surface area contributed by atoms with Crippen LogP contribution in [-0.4, -0.2) is 17.8 Å². The molecule has 0 spiro atoms. The van der Waals surface area contributed by atoms with Gasteiger partial charge in [0.2, 0.25) is 0 Å². The lowest BCUT2D eigenvalue weighted by molar-refractivity contribution is -0.0805. The summed E-state index contributed by atoms with van der Waals surface area (Å²) in [5, 5.41) is 10.2. The van der Waals surface area contributed by atoms with Crippen molar-refractivity contribution in [2.45, 2.75) is 25.6 Å². The van der Waals surface area contributed by atoms with Gasteiger partial charge in [-0.2, -0.15) is 0 Å². The molecule has 1 aromatic rings. The van der Waals surface area contributed by atoms with Gasteiger partial charge in [-0.15, -0.1) is 0 Å². The Balaban J connectivity index is 3.06. The second kappa shape index (κ2) is 4.47. The highest BCUT2D eigenvalue weighted by molar-refractivity contribution is 6.30. The van der Waals surface area contributed by atoms with Crippen LogP contribution in [-0.2, 0) is 4.74 Å². The topological polar surface area (TPSA) is 29.5 Å². The Morgan fingerprint density at radius 3 is 2.53 bits per heavy atom. The van der Waals surface area contributed by atoms with Crippen LogP contribution in [0.1, 0.15) is 25.5 Å². The van der Waals surface area contributed by atoms with Crippen molar-refractivity contribution in [3.05, 3.63) is 34.6 Å². The van der Waals surface area contributed by atoms with Crippen molar-refractivity contribution in [3.63, 3.8) is 0 Å². The molecule has 0 bridgehead atoms. The van der Waals surface area contributed by atoms with Crippen molar-refractivity contribution >= 4 is 11.6 Å². The van der Waals surface area contributed by atoms with Crippen LogP contribution < -0.4 is 0 Å². The Kier molecular flexibility index (Phi) is 3.71. The molecule has 15 heavy (non-hydrogen) atoms. The standard InChI is InChI=1S/C11H14ClFO2/c1-11(2,15-3)10(14)8-5-4-7(12)6-9(8)13/h4-6,10,14H,1-3H3. The van der Waals surface area contributed by atoms with E-state index in [1.807, 2.05) is 0 Å². The first kappa shape index (κ1) is 12.4. The summed E-state index contributed by atoms with van der Waals surface area (Å²) in [7, 11) is 1.47. The minimum atomic E-state index is -1.03. The van der Waals surface area contributed by atoms with Crippen molar-refractivity contribution in [2.75, 3.05) is 7.11 Å². The highest BCUT2D eigenvalue weighted by Gasteiger charge is 2.30. The molecular weight excluding hydrogens is 219 g/mol. The zero-order valence-corrected chi connectivity index (χ0v) is 9.68. The first-order valence-corrected chi connectivity index (χ1v) is 4.94. The van der Waals surface area contributed by atoms with Gasteiger partial charge in [-0.1, -0.05) is 17.7 Å². The maximum atomic E-state index is 13.5. The lowest BCUT2D eigenvalue weighted by Gasteiger charge is -2.29. The molecule has 1 unspecified atom stereocenters. The summed E-state index contributed by atoms with van der Waals surface area (Å²) in [6.07, 6.45) is -1.03. The molecule has 2 nitrogen and oxygen atoms in total. The van der Waals surface area contributed by atoms with Crippen LogP contribution in [0.25, 0.3) is 0 Å². The number of aliphatic hydroxyl groups is 1. The third-order valence-corrected chi connectivity index (χ3v) is 2.68. The van der Waals surface area contributed by atoms with Crippen molar-refractivity contribution in [3.8, 4) is 0 Å². The van der Waals surface area contributed by atoms with Gasteiger partial charge in [0.05, 0.1) is 5.60 Å². The largest absolute Gasteiger partial charge is 0.385 e. The van der Waals surface area contributed by atoms with E-state index in [1.165, 1.54) is 25.3 Å². The molecule has 1 rings (SSSR count). The fourth-order valence-electron chi connectivity index (χ4n) is 1.21. The summed E-state index contributed by atoms with van der Waals surface area (Å²) in [5.41, 5.74) is -0.652. The van der Waals surface area contributed by atoms with Gasteiger partial charge in [0.1, 0.15) is 11.9 Å². The molecule has 4 heteroatoms. The van der Waals surface area contributed by atoms with E-state index >= 15 is 0 Å². The Morgan fingerprint density at radius 2 is 2.07 bits per heavy atom. The van der Waals surface area contributed by atoms with Crippen LogP contribution in [0.15, 0.2) is 18.2 Å². The number of methoxy groups -OCH3 is 1. The van der Waals surface area contributed by atoms with Crippen LogP contribution in [0, 0.1) is 5.82 Å². The van der Waals surface area contributed by atoms with E-state index in [0.717, 1.165) is 0 Å². The molecule has 0 heterocycles. The molecule has 0 aliphatic rings. The van der Waals surface area contributed by atoms with Gasteiger partial charge in [-0.3, -0.25) is 0 Å². The van der Waals surface area contributed by atoms with Crippen molar-refractivity contribution < 1.29 is 14.2 Å². The predicted molar refractivity (Wildman–Crippen MR) is 57.5 cm³/mol. The second-order valence-corrected chi connectivity index (χ2v) is 4.31. The van der Waals surface area contributed by atoms with Crippen LogP contribution in [0.4, 0.5) is 4.39 Å². The number of aliphatic hydroxyl groups excluding tert-OH is 1. The van der Waals surface area contributed by atoms with E-state index in [1.54, 1.807) is 13.8 Å². The van der Waals surface area contributed by atoms with Crippen molar-refractivity contribution in [2.24, 2.45) is 0 Å². The predicted octanol–water partition coefficient (Wildman–Crippen LogP) is 2.94. The van der Waals surface area contributed by atoms with Gasteiger partial charge in [-0.25, -0.2) is 4.39 Å². The molecule has 1 aromatic carbocycles. The third-order valence-electron chi connectivity index (χ3n) is 2.44. The first-order valence-electron chi connectivity index (χ1n) is 4.56. The molecule has 84 valence electrons. The summed E-state index contributed by atoms with van der Waals surface area (Å²) in [5.74, 6) is -0.528. The Morgan fingerprint density at radius 1 is 1.47 bits per heavy atom. The molecular formula is C11H14ClFO2. The van der Waals surface area contributed by atoms with Crippen LogP contribution in [0.3, 0.4) is 0 Å². The molecule has 0 aromatic heterocycles. The van der Waals surface area contributed by atoms with Crippen molar-refractivity contribution in [1.82, 2.24) is 0 Å². The summed E-state index contributed by atoms with van der Waals surface area (Å²) in [4.78, 5) is 0. The smallest absolute Gasteiger partial charge is 0.130 e. The molecule has 0 saturated carbocycles. The van der Waals surface area contributed by atoms with Gasteiger partial charge in [0.25, 0.3) is 0 Å². The van der Waals surface area contributed by atoms with Crippen molar-refractivity contribution in [1.29, 1.82) is 0 Å². The molecule has 1 atom stereocenters. The number of hydrogen-bond acceptors (Lipinski definition) is 2. The summed E-state index contributed by atoms with van der Waals surface area (Å²) >= 11 is 5.62. The van der Waals surface area contributed by atoms with E-state index in [4.69, 9.17) is 16.3 Å². The number of ether oxygens (including phenoxy) is 1. The number of hydrogen-bond donors (Lipinski definition) is 1. The maximum absolute atomic E-state index is 13.5.